The molecule has 0 spiro atoms. The Morgan fingerprint density at radius 1 is 1.42 bits per heavy atom. The molecule has 1 saturated heterocycles. The van der Waals surface area contributed by atoms with Gasteiger partial charge in [0.25, 0.3) is 0 Å². The maximum Gasteiger partial charge on any atom is 0.219 e. The molecule has 0 aromatic heterocycles. The third-order valence-corrected chi connectivity index (χ3v) is 1.73. The zero-order valence-electron chi connectivity index (χ0n) is 8.31. The van der Waals surface area contributed by atoms with Crippen LogP contribution < -0.4 is 10.6 Å². The molecule has 1 aliphatic heterocycles. The van der Waals surface area contributed by atoms with E-state index in [1.54, 1.807) is 0 Å². The Hall–Kier alpha value is -0.570. The van der Waals surface area contributed by atoms with Crippen LogP contribution in [0.5, 0.6) is 0 Å². The van der Waals surface area contributed by atoms with Gasteiger partial charge >= 0.3 is 0 Å². The molecule has 0 atom stereocenters. The third-order valence-electron chi connectivity index (χ3n) is 1.73. The number of carbonyl (C=O) groups is 1. The first-order valence-corrected chi connectivity index (χ1v) is 4.60. The molecule has 0 unspecified atom stereocenters. The summed E-state index contributed by atoms with van der Waals surface area (Å²) in [5, 5.41) is 5.77. The molecular weight excluding hydrogens is 152 g/mol. The lowest BCUT2D eigenvalue weighted by Gasteiger charge is -2.08. The molecule has 72 valence electrons. The standard InChI is InChI=1S/C5H9NO.C4H11N/c7-5-3-1-2-4-6-5;1-4(2)5-3/h1-4H2,(H,6,7);4-5H,1-3H3. The molecule has 1 heterocycles. The fourth-order valence-electron chi connectivity index (χ4n) is 0.727. The van der Waals surface area contributed by atoms with Crippen molar-refractivity contribution in [2.75, 3.05) is 13.6 Å². The lowest BCUT2D eigenvalue weighted by molar-refractivity contribution is -0.122. The van der Waals surface area contributed by atoms with Crippen LogP contribution in [0.4, 0.5) is 0 Å². The van der Waals surface area contributed by atoms with Gasteiger partial charge in [-0.05, 0) is 19.9 Å². The Labute approximate surface area is 74.9 Å². The summed E-state index contributed by atoms with van der Waals surface area (Å²) in [6, 6.07) is 0.634. The van der Waals surface area contributed by atoms with Crippen LogP contribution in [0.25, 0.3) is 0 Å². The van der Waals surface area contributed by atoms with Crippen LogP contribution in [0.2, 0.25) is 0 Å². The molecule has 0 bridgehead atoms. The molecule has 1 amide bonds. The van der Waals surface area contributed by atoms with Gasteiger partial charge in [0.05, 0.1) is 0 Å². The molecule has 0 aromatic rings. The van der Waals surface area contributed by atoms with E-state index in [4.69, 9.17) is 0 Å². The average molecular weight is 172 g/mol. The Bertz CT molecular complexity index is 116. The fraction of sp³-hybridized carbons (Fsp3) is 0.889. The highest BCUT2D eigenvalue weighted by Gasteiger charge is 2.04. The van der Waals surface area contributed by atoms with Crippen molar-refractivity contribution in [3.8, 4) is 0 Å². The molecule has 0 saturated carbocycles. The number of piperidine rings is 1. The SMILES string of the molecule is CNC(C)C.O=C1CCCCN1. The molecule has 0 aromatic carbocycles. The number of nitrogens with one attached hydrogen (secondary N) is 2. The van der Waals surface area contributed by atoms with E-state index in [2.05, 4.69) is 24.5 Å². The van der Waals surface area contributed by atoms with Crippen molar-refractivity contribution in [2.45, 2.75) is 39.2 Å². The zero-order chi connectivity index (χ0) is 9.40. The van der Waals surface area contributed by atoms with E-state index in [0.29, 0.717) is 6.04 Å². The van der Waals surface area contributed by atoms with Crippen LogP contribution >= 0.6 is 0 Å². The summed E-state index contributed by atoms with van der Waals surface area (Å²) in [4.78, 5) is 10.4. The maximum atomic E-state index is 10.4. The van der Waals surface area contributed by atoms with E-state index in [9.17, 15) is 4.79 Å². The molecule has 12 heavy (non-hydrogen) atoms. The van der Waals surface area contributed by atoms with Gasteiger partial charge < -0.3 is 10.6 Å². The lowest BCUT2D eigenvalue weighted by Crippen LogP contribution is -2.28. The van der Waals surface area contributed by atoms with Crippen LogP contribution in [0.1, 0.15) is 33.1 Å². The molecule has 3 heteroatoms. The lowest BCUT2D eigenvalue weighted by atomic mass is 10.2. The van der Waals surface area contributed by atoms with Crippen molar-refractivity contribution in [3.05, 3.63) is 0 Å². The number of hydrogen-bond donors (Lipinski definition) is 2. The van der Waals surface area contributed by atoms with E-state index < -0.39 is 0 Å². The van der Waals surface area contributed by atoms with Crippen LogP contribution in [-0.4, -0.2) is 25.5 Å². The van der Waals surface area contributed by atoms with Gasteiger partial charge in [0.15, 0.2) is 0 Å². The van der Waals surface area contributed by atoms with E-state index in [1.807, 2.05) is 7.05 Å². The first kappa shape index (κ1) is 11.4. The molecule has 0 aliphatic carbocycles. The largest absolute Gasteiger partial charge is 0.356 e. The molecule has 1 aliphatic rings. The number of amides is 1. The quantitative estimate of drug-likeness (QED) is 0.617. The van der Waals surface area contributed by atoms with E-state index in [0.717, 1.165) is 25.8 Å². The normalized spacial score (nSPS) is 16.5. The minimum atomic E-state index is 0.214. The monoisotopic (exact) mass is 172 g/mol. The smallest absolute Gasteiger partial charge is 0.219 e. The highest BCUT2D eigenvalue weighted by Crippen LogP contribution is 1.98. The van der Waals surface area contributed by atoms with Crippen LogP contribution in [-0.2, 0) is 4.79 Å². The van der Waals surface area contributed by atoms with Crippen LogP contribution in [0.3, 0.4) is 0 Å². The van der Waals surface area contributed by atoms with Gasteiger partial charge in [-0.3, -0.25) is 4.79 Å². The highest BCUT2D eigenvalue weighted by atomic mass is 16.1. The summed E-state index contributed by atoms with van der Waals surface area (Å²) in [6.07, 6.45) is 2.97. The fourth-order valence-corrected chi connectivity index (χ4v) is 0.727. The second-order valence-corrected chi connectivity index (χ2v) is 3.25. The second-order valence-electron chi connectivity index (χ2n) is 3.25. The van der Waals surface area contributed by atoms with Gasteiger partial charge in [0, 0.05) is 19.0 Å². The summed E-state index contributed by atoms with van der Waals surface area (Å²) in [6.45, 7) is 5.11. The molecule has 1 fully saturated rings. The zero-order valence-corrected chi connectivity index (χ0v) is 8.31. The Morgan fingerprint density at radius 2 is 2.00 bits per heavy atom. The topological polar surface area (TPSA) is 41.1 Å². The van der Waals surface area contributed by atoms with Crippen molar-refractivity contribution in [2.24, 2.45) is 0 Å². The molecule has 3 nitrogen and oxygen atoms in total. The van der Waals surface area contributed by atoms with Gasteiger partial charge in [-0.1, -0.05) is 13.8 Å². The molecule has 0 radical (unpaired) electrons. The molecule has 1 rings (SSSR count). The van der Waals surface area contributed by atoms with E-state index in [-0.39, 0.29) is 5.91 Å². The highest BCUT2D eigenvalue weighted by molar-refractivity contribution is 5.76. The molecule has 2 N–H and O–H groups in total. The molecular formula is C9H20N2O. The van der Waals surface area contributed by atoms with Crippen molar-refractivity contribution in [3.63, 3.8) is 0 Å². The van der Waals surface area contributed by atoms with E-state index >= 15 is 0 Å². The Balaban J connectivity index is 0.000000217. The average Bonchev–Trinajstić information content (AvgIpc) is 2.07. The van der Waals surface area contributed by atoms with Crippen molar-refractivity contribution < 1.29 is 4.79 Å². The Morgan fingerprint density at radius 3 is 2.17 bits per heavy atom. The van der Waals surface area contributed by atoms with Crippen molar-refractivity contribution >= 4 is 5.91 Å². The maximum absolute atomic E-state index is 10.4. The van der Waals surface area contributed by atoms with Crippen LogP contribution in [0, 0.1) is 0 Å². The number of rotatable bonds is 1. The predicted octanol–water partition coefficient (Wildman–Crippen LogP) is 0.901. The minimum Gasteiger partial charge on any atom is -0.356 e. The second kappa shape index (κ2) is 7.10. The number of hydrogen-bond acceptors (Lipinski definition) is 2. The van der Waals surface area contributed by atoms with E-state index in [1.165, 1.54) is 0 Å². The Kier molecular flexibility index (Phi) is 6.76. The first-order valence-electron chi connectivity index (χ1n) is 4.60. The number of carbonyl (C=O) groups excluding carboxylic acids is 1. The third kappa shape index (κ3) is 7.54. The van der Waals surface area contributed by atoms with Gasteiger partial charge in [-0.25, -0.2) is 0 Å². The first-order chi connectivity index (χ1) is 5.66. The van der Waals surface area contributed by atoms with Gasteiger partial charge in [-0.15, -0.1) is 0 Å². The van der Waals surface area contributed by atoms with Gasteiger partial charge in [-0.2, -0.15) is 0 Å². The summed E-state index contributed by atoms with van der Waals surface area (Å²) in [7, 11) is 1.95. The van der Waals surface area contributed by atoms with Crippen molar-refractivity contribution in [1.29, 1.82) is 0 Å². The van der Waals surface area contributed by atoms with Crippen molar-refractivity contribution in [1.82, 2.24) is 10.6 Å². The van der Waals surface area contributed by atoms with Crippen LogP contribution in [0.15, 0.2) is 0 Å². The van der Waals surface area contributed by atoms with Gasteiger partial charge in [0.1, 0.15) is 0 Å². The van der Waals surface area contributed by atoms with Gasteiger partial charge in [0.2, 0.25) is 5.91 Å². The predicted molar refractivity (Wildman–Crippen MR) is 51.1 cm³/mol. The summed E-state index contributed by atoms with van der Waals surface area (Å²) in [5.41, 5.74) is 0. The minimum absolute atomic E-state index is 0.214. The summed E-state index contributed by atoms with van der Waals surface area (Å²) < 4.78 is 0. The summed E-state index contributed by atoms with van der Waals surface area (Å²) >= 11 is 0. The summed E-state index contributed by atoms with van der Waals surface area (Å²) in [5.74, 6) is 0.214.